The van der Waals surface area contributed by atoms with Crippen LogP contribution in [-0.4, -0.2) is 64.7 Å². The molecule has 198 valence electrons. The van der Waals surface area contributed by atoms with Crippen LogP contribution in [0.3, 0.4) is 0 Å². The van der Waals surface area contributed by atoms with Crippen molar-refractivity contribution < 1.29 is 24.6 Å². The molecule has 1 aliphatic rings. The van der Waals surface area contributed by atoms with Crippen molar-refractivity contribution in [1.29, 1.82) is 0 Å². The minimum Gasteiger partial charge on any atom is -0.481 e. The van der Waals surface area contributed by atoms with Crippen LogP contribution in [0.1, 0.15) is 54.7 Å². The topological polar surface area (TPSA) is 165 Å². The number of aliphatic hydroxyl groups excluding tert-OH is 1. The number of hydrogen-bond donors (Lipinski definition) is 6. The van der Waals surface area contributed by atoms with E-state index in [1.54, 1.807) is 12.1 Å². The number of pyridine rings is 1. The number of benzene rings is 1. The number of amides is 2. The quantitative estimate of drug-likeness (QED) is 0.278. The Bertz CT molecular complexity index is 1200. The summed E-state index contributed by atoms with van der Waals surface area (Å²) in [5, 5.41) is 29.8. The average Bonchev–Trinajstić information content (AvgIpc) is 2.82. The molecule has 6 N–H and O–H groups in total. The van der Waals surface area contributed by atoms with Crippen molar-refractivity contribution in [3.63, 3.8) is 0 Å². The van der Waals surface area contributed by atoms with E-state index in [-0.39, 0.29) is 30.5 Å². The van der Waals surface area contributed by atoms with Crippen LogP contribution in [-0.2, 0) is 15.0 Å². The maximum absolute atomic E-state index is 13.2. The van der Waals surface area contributed by atoms with Gasteiger partial charge in [-0.05, 0) is 34.7 Å². The lowest BCUT2D eigenvalue weighted by Gasteiger charge is -2.24. The van der Waals surface area contributed by atoms with Gasteiger partial charge >= 0.3 is 5.97 Å². The van der Waals surface area contributed by atoms with Crippen LogP contribution in [0.2, 0.25) is 0 Å². The van der Waals surface area contributed by atoms with E-state index in [1.807, 2.05) is 32.9 Å². The highest BCUT2D eigenvalue weighted by molar-refractivity contribution is 9.10. The number of halogens is 1. The van der Waals surface area contributed by atoms with E-state index >= 15 is 0 Å². The van der Waals surface area contributed by atoms with Crippen LogP contribution in [0.15, 0.2) is 46.1 Å². The number of carbonyl (C=O) groups is 3. The zero-order chi connectivity index (χ0) is 27.2. The van der Waals surface area contributed by atoms with Crippen LogP contribution < -0.4 is 21.3 Å². The largest absolute Gasteiger partial charge is 0.481 e. The van der Waals surface area contributed by atoms with Gasteiger partial charge in [0.15, 0.2) is 5.96 Å². The molecule has 11 nitrogen and oxygen atoms in total. The van der Waals surface area contributed by atoms with E-state index in [9.17, 15) is 19.5 Å². The Balaban J connectivity index is 1.85. The van der Waals surface area contributed by atoms with Gasteiger partial charge in [-0.25, -0.2) is 0 Å². The summed E-state index contributed by atoms with van der Waals surface area (Å²) in [4.78, 5) is 45.5. The minimum atomic E-state index is -1.08. The average molecular weight is 575 g/mol. The molecule has 2 unspecified atom stereocenters. The Kier molecular flexibility index (Phi) is 9.22. The van der Waals surface area contributed by atoms with Gasteiger partial charge in [0.25, 0.3) is 5.91 Å². The van der Waals surface area contributed by atoms with E-state index < -0.39 is 29.9 Å². The van der Waals surface area contributed by atoms with E-state index in [1.165, 1.54) is 12.4 Å². The number of rotatable bonds is 8. The number of guanidine groups is 1. The first-order chi connectivity index (χ1) is 17.4. The summed E-state index contributed by atoms with van der Waals surface area (Å²) in [5.74, 6) is -1.67. The van der Waals surface area contributed by atoms with Crippen molar-refractivity contribution in [2.75, 3.05) is 25.0 Å². The van der Waals surface area contributed by atoms with Crippen molar-refractivity contribution in [1.82, 2.24) is 20.9 Å². The van der Waals surface area contributed by atoms with Gasteiger partial charge in [0.2, 0.25) is 5.91 Å². The molecule has 0 saturated heterocycles. The molecule has 2 atom stereocenters. The van der Waals surface area contributed by atoms with E-state index in [4.69, 9.17) is 5.11 Å². The highest BCUT2D eigenvalue weighted by atomic mass is 79.9. The van der Waals surface area contributed by atoms with Gasteiger partial charge in [-0.1, -0.05) is 42.8 Å². The van der Waals surface area contributed by atoms with Crippen molar-refractivity contribution in [2.45, 2.75) is 44.8 Å². The van der Waals surface area contributed by atoms with Crippen LogP contribution >= 0.6 is 15.9 Å². The van der Waals surface area contributed by atoms with E-state index in [0.29, 0.717) is 23.8 Å². The molecule has 3 rings (SSSR count). The predicted molar refractivity (Wildman–Crippen MR) is 142 cm³/mol. The van der Waals surface area contributed by atoms with Gasteiger partial charge < -0.3 is 31.5 Å². The summed E-state index contributed by atoms with van der Waals surface area (Å²) in [7, 11) is 0. The number of nitrogens with zero attached hydrogens (tertiary/aromatic N) is 2. The molecule has 0 bridgehead atoms. The Morgan fingerprint density at radius 2 is 1.95 bits per heavy atom. The molecule has 1 aromatic heterocycles. The maximum Gasteiger partial charge on any atom is 0.305 e. The number of aliphatic imine (C=N–C) groups is 1. The Morgan fingerprint density at radius 1 is 1.19 bits per heavy atom. The molecule has 12 heteroatoms. The fraction of sp³-hybridized carbons (Fsp3) is 0.400. The third-order valence-electron chi connectivity index (χ3n) is 5.52. The van der Waals surface area contributed by atoms with E-state index in [0.717, 1.165) is 10.0 Å². The second-order valence-corrected chi connectivity index (χ2v) is 10.6. The number of aliphatic carboxylic acids is 1. The number of nitrogens with one attached hydrogen (secondary N) is 4. The van der Waals surface area contributed by atoms with Crippen molar-refractivity contribution in [3.8, 4) is 0 Å². The lowest BCUT2D eigenvalue weighted by atomic mass is 9.85. The number of anilines is 1. The number of carboxylic acid groups (broad SMARTS) is 1. The summed E-state index contributed by atoms with van der Waals surface area (Å²) >= 11 is 3.49. The second kappa shape index (κ2) is 12.2. The van der Waals surface area contributed by atoms with Crippen LogP contribution in [0.25, 0.3) is 0 Å². The van der Waals surface area contributed by atoms with Gasteiger partial charge in [-0.3, -0.25) is 24.4 Å². The van der Waals surface area contributed by atoms with Crippen LogP contribution in [0.5, 0.6) is 0 Å². The summed E-state index contributed by atoms with van der Waals surface area (Å²) in [5.41, 5.74) is 1.98. The van der Waals surface area contributed by atoms with Gasteiger partial charge in [0.1, 0.15) is 6.04 Å². The molecule has 2 heterocycles. The number of carboxylic acids is 1. The standard InChI is InChI=1S/C25H31BrN6O5/c1-25(2,3)16-6-14(7-17(26)9-16)21(23(37)28-5-4-20(34)35)32-22(36)15-8-18(11-27-10-15)31-24-29-12-19(33)13-30-24/h6-11,19,21,33H,4-5,12-13H2,1-3H3,(H,28,37)(H,32,36)(H,34,35)(H2,29,30,31). The van der Waals surface area contributed by atoms with Crippen LogP contribution in [0, 0.1) is 0 Å². The minimum absolute atomic E-state index is 0.0779. The molecule has 1 aliphatic heterocycles. The first-order valence-corrected chi connectivity index (χ1v) is 12.5. The molecule has 0 saturated carbocycles. The lowest BCUT2D eigenvalue weighted by Crippen LogP contribution is -2.42. The molecule has 0 aliphatic carbocycles. The Morgan fingerprint density at radius 3 is 2.59 bits per heavy atom. The molecule has 2 amide bonds. The summed E-state index contributed by atoms with van der Waals surface area (Å²) in [6, 6.07) is 6.03. The molecule has 37 heavy (non-hydrogen) atoms. The smallest absolute Gasteiger partial charge is 0.305 e. The van der Waals surface area contributed by atoms with Crippen LogP contribution in [0.4, 0.5) is 5.69 Å². The number of carbonyl (C=O) groups excluding carboxylic acids is 2. The SMILES string of the molecule is CC(C)(C)c1cc(Br)cc(C(NC(=O)c2cncc(NC3=NCC(O)CN3)c2)C(=O)NCCC(=O)O)c1. The highest BCUT2D eigenvalue weighted by Gasteiger charge is 2.26. The van der Waals surface area contributed by atoms with Crippen molar-refractivity contribution >= 4 is 45.4 Å². The second-order valence-electron chi connectivity index (χ2n) is 9.68. The summed E-state index contributed by atoms with van der Waals surface area (Å²) in [6.45, 7) is 6.64. The number of hydrogen-bond acceptors (Lipinski definition) is 8. The first-order valence-electron chi connectivity index (χ1n) is 11.7. The number of β-amino-alcohol motifs (C(OH)–C–C–N with tert-alkyl or cyclic N) is 1. The fourth-order valence-electron chi connectivity index (χ4n) is 3.51. The Hall–Kier alpha value is -3.51. The van der Waals surface area contributed by atoms with Crippen molar-refractivity contribution in [2.24, 2.45) is 4.99 Å². The van der Waals surface area contributed by atoms with Gasteiger partial charge in [0.05, 0.1) is 36.5 Å². The van der Waals surface area contributed by atoms with Gasteiger partial charge in [-0.15, -0.1) is 0 Å². The zero-order valence-electron chi connectivity index (χ0n) is 20.8. The molecule has 0 radical (unpaired) electrons. The maximum atomic E-state index is 13.2. The third-order valence-corrected chi connectivity index (χ3v) is 5.98. The van der Waals surface area contributed by atoms with E-state index in [2.05, 4.69) is 47.2 Å². The molecule has 0 fully saturated rings. The summed E-state index contributed by atoms with van der Waals surface area (Å²) < 4.78 is 0.742. The molecule has 2 aromatic rings. The number of aromatic nitrogens is 1. The summed E-state index contributed by atoms with van der Waals surface area (Å²) in [6.07, 6.45) is 2.09. The fourth-order valence-corrected chi connectivity index (χ4v) is 4.02. The number of aliphatic hydroxyl groups is 1. The predicted octanol–water partition coefficient (Wildman–Crippen LogP) is 1.94. The lowest BCUT2D eigenvalue weighted by molar-refractivity contribution is -0.137. The Labute approximate surface area is 223 Å². The molecular weight excluding hydrogens is 544 g/mol. The monoisotopic (exact) mass is 574 g/mol. The zero-order valence-corrected chi connectivity index (χ0v) is 22.4. The highest BCUT2D eigenvalue weighted by Crippen LogP contribution is 2.29. The normalized spacial score (nSPS) is 16.1. The molecule has 0 spiro atoms. The molecular formula is C25H31BrN6O5. The van der Waals surface area contributed by atoms with Gasteiger partial charge in [0, 0.05) is 23.8 Å². The van der Waals surface area contributed by atoms with Crippen molar-refractivity contribution in [3.05, 3.63) is 57.8 Å². The molecule has 1 aromatic carbocycles. The third kappa shape index (κ3) is 8.25. The first kappa shape index (κ1) is 28.1. The van der Waals surface area contributed by atoms with Gasteiger partial charge in [-0.2, -0.15) is 0 Å².